The smallest absolute Gasteiger partial charge is 0.220 e. The van der Waals surface area contributed by atoms with Gasteiger partial charge in [0.25, 0.3) is 0 Å². The Kier molecular flexibility index (Phi) is 6.86. The highest BCUT2D eigenvalue weighted by atomic mass is 16.1. The molecule has 1 amide bonds. The highest BCUT2D eigenvalue weighted by Gasteiger charge is 2.13. The standard InChI is InChI=1S/C23H31N5O/c1-17(2)14-28-19(4)22(18(3)26-28)9-10-23(29)25-13-20-5-7-21(8-6-20)15-27-12-11-24-16-27/h5-8,11-12,16-17H,9-10,13-15H2,1-4H3,(H,25,29). The minimum atomic E-state index is 0.0721. The molecule has 0 unspecified atom stereocenters. The Hall–Kier alpha value is -2.89. The van der Waals surface area contributed by atoms with E-state index in [9.17, 15) is 4.79 Å². The Labute approximate surface area is 173 Å². The third-order valence-electron chi connectivity index (χ3n) is 5.11. The number of nitrogens with zero attached hydrogens (tertiary/aromatic N) is 4. The summed E-state index contributed by atoms with van der Waals surface area (Å²) in [6.45, 7) is 10.8. The SMILES string of the molecule is Cc1nn(CC(C)C)c(C)c1CCC(=O)NCc1ccc(Cn2ccnc2)cc1. The van der Waals surface area contributed by atoms with Gasteiger partial charge in [0.05, 0.1) is 12.0 Å². The minimum Gasteiger partial charge on any atom is -0.352 e. The fraction of sp³-hybridized carbons (Fsp3) is 0.435. The molecule has 0 saturated heterocycles. The molecule has 0 radical (unpaired) electrons. The lowest BCUT2D eigenvalue weighted by Crippen LogP contribution is -2.23. The molecule has 0 spiro atoms. The Morgan fingerprint density at radius 3 is 2.52 bits per heavy atom. The molecule has 154 valence electrons. The zero-order valence-electron chi connectivity index (χ0n) is 17.9. The molecule has 2 heterocycles. The lowest BCUT2D eigenvalue weighted by atomic mass is 10.1. The van der Waals surface area contributed by atoms with Crippen LogP contribution in [-0.2, 0) is 30.8 Å². The number of rotatable bonds is 9. The molecule has 0 aliphatic rings. The van der Waals surface area contributed by atoms with Crippen molar-refractivity contribution in [1.82, 2.24) is 24.6 Å². The number of aryl methyl sites for hydroxylation is 1. The van der Waals surface area contributed by atoms with Gasteiger partial charge in [0, 0.05) is 44.1 Å². The second kappa shape index (κ2) is 9.54. The van der Waals surface area contributed by atoms with Gasteiger partial charge in [-0.1, -0.05) is 38.1 Å². The van der Waals surface area contributed by atoms with Crippen LogP contribution in [-0.4, -0.2) is 25.2 Å². The van der Waals surface area contributed by atoms with Gasteiger partial charge in [0.2, 0.25) is 5.91 Å². The van der Waals surface area contributed by atoms with E-state index in [0.717, 1.165) is 30.8 Å². The monoisotopic (exact) mass is 393 g/mol. The van der Waals surface area contributed by atoms with Gasteiger partial charge in [-0.05, 0) is 42.9 Å². The van der Waals surface area contributed by atoms with Crippen molar-refractivity contribution in [2.75, 3.05) is 0 Å². The van der Waals surface area contributed by atoms with Crippen LogP contribution in [0.3, 0.4) is 0 Å². The molecule has 3 rings (SSSR count). The first-order valence-electron chi connectivity index (χ1n) is 10.3. The lowest BCUT2D eigenvalue weighted by molar-refractivity contribution is -0.121. The average molecular weight is 394 g/mol. The maximum Gasteiger partial charge on any atom is 0.220 e. The quantitative estimate of drug-likeness (QED) is 0.603. The molecule has 0 aliphatic heterocycles. The second-order valence-electron chi connectivity index (χ2n) is 8.05. The van der Waals surface area contributed by atoms with Crippen molar-refractivity contribution in [1.29, 1.82) is 0 Å². The highest BCUT2D eigenvalue weighted by Crippen LogP contribution is 2.16. The second-order valence-corrected chi connectivity index (χ2v) is 8.05. The topological polar surface area (TPSA) is 64.7 Å². The number of hydrogen-bond acceptors (Lipinski definition) is 3. The predicted octanol–water partition coefficient (Wildman–Crippen LogP) is 3.65. The van der Waals surface area contributed by atoms with Crippen LogP contribution in [0.25, 0.3) is 0 Å². The van der Waals surface area contributed by atoms with Gasteiger partial charge in [-0.15, -0.1) is 0 Å². The zero-order valence-corrected chi connectivity index (χ0v) is 17.9. The van der Waals surface area contributed by atoms with Crippen molar-refractivity contribution in [3.05, 3.63) is 71.1 Å². The first-order valence-corrected chi connectivity index (χ1v) is 10.3. The minimum absolute atomic E-state index is 0.0721. The van der Waals surface area contributed by atoms with Gasteiger partial charge in [0.1, 0.15) is 0 Å². The van der Waals surface area contributed by atoms with Crippen molar-refractivity contribution >= 4 is 5.91 Å². The lowest BCUT2D eigenvalue weighted by Gasteiger charge is -2.09. The summed E-state index contributed by atoms with van der Waals surface area (Å²) in [5.74, 6) is 0.624. The molecule has 0 aliphatic carbocycles. The fourth-order valence-corrected chi connectivity index (χ4v) is 3.50. The van der Waals surface area contributed by atoms with Crippen LogP contribution in [0.15, 0.2) is 43.0 Å². The van der Waals surface area contributed by atoms with Crippen LogP contribution in [0, 0.1) is 19.8 Å². The molecule has 0 bridgehead atoms. The maximum absolute atomic E-state index is 12.3. The summed E-state index contributed by atoms with van der Waals surface area (Å²) in [4.78, 5) is 16.4. The van der Waals surface area contributed by atoms with Gasteiger partial charge in [0.15, 0.2) is 0 Å². The molecule has 29 heavy (non-hydrogen) atoms. The number of benzene rings is 1. The Bertz CT molecular complexity index is 923. The predicted molar refractivity (Wildman–Crippen MR) is 114 cm³/mol. The molecule has 0 atom stereocenters. The average Bonchev–Trinajstić information content (AvgIpc) is 3.28. The number of carbonyl (C=O) groups is 1. The highest BCUT2D eigenvalue weighted by molar-refractivity contribution is 5.76. The van der Waals surface area contributed by atoms with E-state index in [4.69, 9.17) is 0 Å². The summed E-state index contributed by atoms with van der Waals surface area (Å²) < 4.78 is 4.10. The van der Waals surface area contributed by atoms with E-state index in [1.165, 1.54) is 16.8 Å². The van der Waals surface area contributed by atoms with Gasteiger partial charge in [-0.25, -0.2) is 4.98 Å². The molecule has 6 nitrogen and oxygen atoms in total. The van der Waals surface area contributed by atoms with E-state index in [1.54, 1.807) is 6.20 Å². The van der Waals surface area contributed by atoms with Gasteiger partial charge in [-0.2, -0.15) is 5.10 Å². The summed E-state index contributed by atoms with van der Waals surface area (Å²) in [5.41, 5.74) is 5.72. The van der Waals surface area contributed by atoms with Crippen molar-refractivity contribution in [2.45, 2.75) is 60.2 Å². The van der Waals surface area contributed by atoms with Crippen LogP contribution in [0.5, 0.6) is 0 Å². The first-order chi connectivity index (χ1) is 13.9. The van der Waals surface area contributed by atoms with Crippen LogP contribution in [0.1, 0.15) is 48.3 Å². The third-order valence-corrected chi connectivity index (χ3v) is 5.11. The Balaban J connectivity index is 1.47. The van der Waals surface area contributed by atoms with E-state index in [0.29, 0.717) is 18.9 Å². The number of aromatic nitrogens is 4. The molecule has 1 N–H and O–H groups in total. The van der Waals surface area contributed by atoms with Crippen molar-refractivity contribution in [3.8, 4) is 0 Å². The zero-order chi connectivity index (χ0) is 20.8. The van der Waals surface area contributed by atoms with Gasteiger partial charge < -0.3 is 9.88 Å². The molecule has 3 aromatic rings. The molecule has 1 aromatic carbocycles. The number of imidazole rings is 1. The molecule has 6 heteroatoms. The number of carbonyl (C=O) groups excluding carboxylic acids is 1. The van der Waals surface area contributed by atoms with E-state index in [-0.39, 0.29) is 5.91 Å². The number of hydrogen-bond donors (Lipinski definition) is 1. The summed E-state index contributed by atoms with van der Waals surface area (Å²) in [6.07, 6.45) is 6.75. The van der Waals surface area contributed by atoms with E-state index in [2.05, 4.69) is 65.1 Å². The van der Waals surface area contributed by atoms with Crippen LogP contribution in [0.2, 0.25) is 0 Å². The Morgan fingerprint density at radius 1 is 1.14 bits per heavy atom. The summed E-state index contributed by atoms with van der Waals surface area (Å²) >= 11 is 0. The first kappa shape index (κ1) is 20.8. The van der Waals surface area contributed by atoms with Crippen LogP contribution >= 0.6 is 0 Å². The number of amides is 1. The largest absolute Gasteiger partial charge is 0.352 e. The maximum atomic E-state index is 12.3. The van der Waals surface area contributed by atoms with Crippen LogP contribution < -0.4 is 5.32 Å². The molecular weight excluding hydrogens is 362 g/mol. The fourth-order valence-electron chi connectivity index (χ4n) is 3.50. The third kappa shape index (κ3) is 5.79. The number of nitrogens with one attached hydrogen (secondary N) is 1. The van der Waals surface area contributed by atoms with Crippen molar-refractivity contribution < 1.29 is 4.79 Å². The van der Waals surface area contributed by atoms with Crippen LogP contribution in [0.4, 0.5) is 0 Å². The summed E-state index contributed by atoms with van der Waals surface area (Å²) in [7, 11) is 0. The summed E-state index contributed by atoms with van der Waals surface area (Å²) in [5, 5.41) is 7.67. The molecule has 0 saturated carbocycles. The van der Waals surface area contributed by atoms with E-state index in [1.807, 2.05) is 24.0 Å². The van der Waals surface area contributed by atoms with Gasteiger partial charge >= 0.3 is 0 Å². The molecule has 2 aromatic heterocycles. The van der Waals surface area contributed by atoms with Gasteiger partial charge in [-0.3, -0.25) is 9.48 Å². The normalized spacial score (nSPS) is 11.2. The Morgan fingerprint density at radius 2 is 1.86 bits per heavy atom. The molecule has 0 fully saturated rings. The van der Waals surface area contributed by atoms with Crippen molar-refractivity contribution in [3.63, 3.8) is 0 Å². The van der Waals surface area contributed by atoms with E-state index < -0.39 is 0 Å². The molecular formula is C23H31N5O. The van der Waals surface area contributed by atoms with E-state index >= 15 is 0 Å². The summed E-state index contributed by atoms with van der Waals surface area (Å²) in [6, 6.07) is 8.32. The van der Waals surface area contributed by atoms with Crippen molar-refractivity contribution in [2.24, 2.45) is 5.92 Å².